The van der Waals surface area contributed by atoms with Crippen LogP contribution < -0.4 is 11.1 Å². The van der Waals surface area contributed by atoms with E-state index >= 15 is 0 Å². The van der Waals surface area contributed by atoms with Gasteiger partial charge in [-0.15, -0.1) is 0 Å². The normalized spacial score (nSPS) is 17.6. The van der Waals surface area contributed by atoms with E-state index in [1.165, 1.54) is 0 Å². The second kappa shape index (κ2) is 6.02. The fourth-order valence-corrected chi connectivity index (χ4v) is 2.36. The van der Waals surface area contributed by atoms with Gasteiger partial charge in [0.05, 0.1) is 23.5 Å². The molecule has 1 aromatic heterocycles. The SMILES string of the molecule is NC(=O)CN1CCC(Nc2cncc(Cl)c2)CC1. The van der Waals surface area contributed by atoms with Crippen LogP contribution in [0, 0.1) is 0 Å². The van der Waals surface area contributed by atoms with Gasteiger partial charge in [-0.05, 0) is 18.9 Å². The number of primary amides is 1. The van der Waals surface area contributed by atoms with Gasteiger partial charge in [-0.2, -0.15) is 0 Å². The first-order valence-electron chi connectivity index (χ1n) is 6.01. The van der Waals surface area contributed by atoms with Gasteiger partial charge < -0.3 is 11.1 Å². The highest BCUT2D eigenvalue weighted by atomic mass is 35.5. The Labute approximate surface area is 111 Å². The lowest BCUT2D eigenvalue weighted by Gasteiger charge is -2.31. The van der Waals surface area contributed by atoms with E-state index in [1.54, 1.807) is 12.4 Å². The lowest BCUT2D eigenvalue weighted by atomic mass is 10.0. The Bertz CT molecular complexity index is 418. The number of amides is 1. The van der Waals surface area contributed by atoms with Gasteiger partial charge in [0.15, 0.2) is 0 Å². The quantitative estimate of drug-likeness (QED) is 0.858. The summed E-state index contributed by atoms with van der Waals surface area (Å²) in [4.78, 5) is 16.9. The molecule has 0 saturated carbocycles. The second-order valence-electron chi connectivity index (χ2n) is 4.55. The van der Waals surface area contributed by atoms with E-state index < -0.39 is 0 Å². The molecule has 0 aromatic carbocycles. The third-order valence-corrected chi connectivity index (χ3v) is 3.25. The van der Waals surface area contributed by atoms with Gasteiger partial charge in [-0.3, -0.25) is 14.7 Å². The predicted molar refractivity (Wildman–Crippen MR) is 71.5 cm³/mol. The highest BCUT2D eigenvalue weighted by Gasteiger charge is 2.19. The molecule has 1 aromatic rings. The summed E-state index contributed by atoms with van der Waals surface area (Å²) in [6, 6.07) is 2.26. The average molecular weight is 269 g/mol. The van der Waals surface area contributed by atoms with Gasteiger partial charge in [0.1, 0.15) is 0 Å². The molecule has 0 aliphatic carbocycles. The van der Waals surface area contributed by atoms with Crippen LogP contribution in [-0.2, 0) is 4.79 Å². The smallest absolute Gasteiger partial charge is 0.231 e. The number of hydrogen-bond donors (Lipinski definition) is 2. The van der Waals surface area contributed by atoms with E-state index in [2.05, 4.69) is 15.2 Å². The first-order valence-corrected chi connectivity index (χ1v) is 6.39. The number of likely N-dealkylation sites (tertiary alicyclic amines) is 1. The lowest BCUT2D eigenvalue weighted by molar-refractivity contribution is -0.119. The molecule has 0 unspecified atom stereocenters. The summed E-state index contributed by atoms with van der Waals surface area (Å²) in [5, 5.41) is 4.04. The number of piperidine rings is 1. The second-order valence-corrected chi connectivity index (χ2v) is 4.99. The highest BCUT2D eigenvalue weighted by molar-refractivity contribution is 6.30. The minimum atomic E-state index is -0.263. The van der Waals surface area contributed by atoms with E-state index in [9.17, 15) is 4.79 Å². The summed E-state index contributed by atoms with van der Waals surface area (Å²) in [6.07, 6.45) is 5.35. The van der Waals surface area contributed by atoms with Gasteiger partial charge in [0.2, 0.25) is 5.91 Å². The summed E-state index contributed by atoms with van der Waals surface area (Å²) in [5.74, 6) is -0.263. The van der Waals surface area contributed by atoms with Crippen LogP contribution in [0.4, 0.5) is 5.69 Å². The van der Waals surface area contributed by atoms with Gasteiger partial charge in [-0.25, -0.2) is 0 Å². The number of rotatable bonds is 4. The number of nitrogens with one attached hydrogen (secondary N) is 1. The standard InChI is InChI=1S/C12H17ClN4O/c13-9-5-11(7-15-6-9)16-10-1-3-17(4-2-10)8-12(14)18/h5-7,10,16H,1-4,8H2,(H2,14,18). The van der Waals surface area contributed by atoms with Crippen LogP contribution in [0.2, 0.25) is 5.02 Å². The molecule has 0 spiro atoms. The number of nitrogens with zero attached hydrogens (tertiary/aromatic N) is 2. The largest absolute Gasteiger partial charge is 0.381 e. The van der Waals surface area contributed by atoms with Crippen molar-refractivity contribution in [2.45, 2.75) is 18.9 Å². The third-order valence-electron chi connectivity index (χ3n) is 3.04. The molecule has 6 heteroatoms. The Balaban J connectivity index is 1.81. The van der Waals surface area contributed by atoms with E-state index in [4.69, 9.17) is 17.3 Å². The van der Waals surface area contributed by atoms with Crippen LogP contribution in [0.15, 0.2) is 18.5 Å². The van der Waals surface area contributed by atoms with Crippen LogP contribution in [0.3, 0.4) is 0 Å². The predicted octanol–water partition coefficient (Wildman–Crippen LogP) is 1.10. The zero-order valence-corrected chi connectivity index (χ0v) is 10.9. The number of hydrogen-bond acceptors (Lipinski definition) is 4. The molecule has 3 N–H and O–H groups in total. The summed E-state index contributed by atoms with van der Waals surface area (Å²) in [6.45, 7) is 2.12. The molecule has 1 fully saturated rings. The Kier molecular flexibility index (Phi) is 4.38. The van der Waals surface area contributed by atoms with Crippen molar-refractivity contribution in [1.29, 1.82) is 0 Å². The minimum absolute atomic E-state index is 0.263. The van der Waals surface area contributed by atoms with Crippen LogP contribution >= 0.6 is 11.6 Å². The zero-order chi connectivity index (χ0) is 13.0. The first kappa shape index (κ1) is 13.1. The number of aromatic nitrogens is 1. The van der Waals surface area contributed by atoms with Gasteiger partial charge in [0.25, 0.3) is 0 Å². The van der Waals surface area contributed by atoms with Crippen molar-refractivity contribution < 1.29 is 4.79 Å². The van der Waals surface area contributed by atoms with Crippen molar-refractivity contribution in [1.82, 2.24) is 9.88 Å². The van der Waals surface area contributed by atoms with Crippen molar-refractivity contribution in [3.8, 4) is 0 Å². The molecule has 0 radical (unpaired) electrons. The first-order chi connectivity index (χ1) is 8.63. The summed E-state index contributed by atoms with van der Waals surface area (Å²) in [5.41, 5.74) is 6.12. The number of nitrogens with two attached hydrogens (primary N) is 1. The summed E-state index contributed by atoms with van der Waals surface area (Å²) >= 11 is 5.88. The molecular weight excluding hydrogens is 252 g/mol. The van der Waals surface area contributed by atoms with Crippen molar-refractivity contribution >= 4 is 23.2 Å². The number of pyridine rings is 1. The number of carbonyl (C=O) groups is 1. The molecule has 1 aliphatic heterocycles. The molecule has 5 nitrogen and oxygen atoms in total. The number of carbonyl (C=O) groups excluding carboxylic acids is 1. The van der Waals surface area contributed by atoms with Gasteiger partial charge in [-0.1, -0.05) is 11.6 Å². The van der Waals surface area contributed by atoms with Crippen LogP contribution in [0.1, 0.15) is 12.8 Å². The molecule has 2 rings (SSSR count). The lowest BCUT2D eigenvalue weighted by Crippen LogP contribution is -2.42. The van der Waals surface area contributed by atoms with E-state index in [-0.39, 0.29) is 5.91 Å². The average Bonchev–Trinajstić information content (AvgIpc) is 2.31. The summed E-state index contributed by atoms with van der Waals surface area (Å²) in [7, 11) is 0. The monoisotopic (exact) mass is 268 g/mol. The summed E-state index contributed by atoms with van der Waals surface area (Å²) < 4.78 is 0. The fraction of sp³-hybridized carbons (Fsp3) is 0.500. The molecule has 98 valence electrons. The minimum Gasteiger partial charge on any atom is -0.381 e. The van der Waals surface area contributed by atoms with E-state index in [1.807, 2.05) is 6.07 Å². The van der Waals surface area contributed by atoms with Crippen molar-refractivity contribution in [2.75, 3.05) is 25.0 Å². The van der Waals surface area contributed by atoms with Gasteiger partial charge in [0, 0.05) is 25.3 Å². The van der Waals surface area contributed by atoms with Crippen molar-refractivity contribution in [3.63, 3.8) is 0 Å². The molecule has 2 heterocycles. The Hall–Kier alpha value is -1.33. The van der Waals surface area contributed by atoms with Crippen LogP contribution in [0.25, 0.3) is 0 Å². The van der Waals surface area contributed by atoms with Crippen LogP contribution in [-0.4, -0.2) is 41.5 Å². The maximum absolute atomic E-state index is 10.8. The molecular formula is C12H17ClN4O. The van der Waals surface area contributed by atoms with E-state index in [0.29, 0.717) is 17.6 Å². The molecule has 0 atom stereocenters. The Morgan fingerprint density at radius 3 is 2.83 bits per heavy atom. The van der Waals surface area contributed by atoms with Crippen molar-refractivity contribution in [3.05, 3.63) is 23.5 Å². The van der Waals surface area contributed by atoms with E-state index in [0.717, 1.165) is 31.6 Å². The zero-order valence-electron chi connectivity index (χ0n) is 10.1. The maximum atomic E-state index is 10.8. The maximum Gasteiger partial charge on any atom is 0.231 e. The number of anilines is 1. The molecule has 1 amide bonds. The highest BCUT2D eigenvalue weighted by Crippen LogP contribution is 2.18. The van der Waals surface area contributed by atoms with Crippen LogP contribution in [0.5, 0.6) is 0 Å². The molecule has 18 heavy (non-hydrogen) atoms. The van der Waals surface area contributed by atoms with Gasteiger partial charge >= 0.3 is 0 Å². The Morgan fingerprint density at radius 1 is 1.50 bits per heavy atom. The molecule has 0 bridgehead atoms. The van der Waals surface area contributed by atoms with Crippen molar-refractivity contribution in [2.24, 2.45) is 5.73 Å². The fourth-order valence-electron chi connectivity index (χ4n) is 2.18. The topological polar surface area (TPSA) is 71.2 Å². The molecule has 1 saturated heterocycles. The Morgan fingerprint density at radius 2 is 2.22 bits per heavy atom. The molecule has 1 aliphatic rings. The third kappa shape index (κ3) is 3.85. The number of halogens is 1.